The number of hydrogen-bond donors (Lipinski definition) is 1. The molecule has 1 heterocycles. The summed E-state index contributed by atoms with van der Waals surface area (Å²) in [6, 6.07) is 15.3. The SMILES string of the molecule is Cl.NCC1CCN(C(=O)c2cccc(CS(=O)(=O)c3ccccc3)c2)CC1. The minimum Gasteiger partial charge on any atom is -0.339 e. The highest BCUT2D eigenvalue weighted by atomic mass is 35.5. The van der Waals surface area contributed by atoms with Gasteiger partial charge >= 0.3 is 0 Å². The van der Waals surface area contributed by atoms with Crippen molar-refractivity contribution in [2.75, 3.05) is 19.6 Å². The molecule has 2 aromatic rings. The predicted molar refractivity (Wildman–Crippen MR) is 109 cm³/mol. The Bertz CT molecular complexity index is 864. The van der Waals surface area contributed by atoms with Crippen molar-refractivity contribution >= 4 is 28.2 Å². The lowest BCUT2D eigenvalue weighted by Gasteiger charge is -2.31. The van der Waals surface area contributed by atoms with Crippen molar-refractivity contribution in [1.29, 1.82) is 0 Å². The van der Waals surface area contributed by atoms with Crippen LogP contribution in [0.25, 0.3) is 0 Å². The maximum atomic E-state index is 12.7. The zero-order valence-corrected chi connectivity index (χ0v) is 16.7. The maximum Gasteiger partial charge on any atom is 0.253 e. The molecule has 5 nitrogen and oxygen atoms in total. The first-order valence-corrected chi connectivity index (χ1v) is 10.5. The first-order valence-electron chi connectivity index (χ1n) is 8.85. The molecular weight excluding hydrogens is 384 g/mol. The van der Waals surface area contributed by atoms with Crippen LogP contribution in [0.4, 0.5) is 0 Å². The number of piperidine rings is 1. The van der Waals surface area contributed by atoms with Gasteiger partial charge in [0.15, 0.2) is 9.84 Å². The number of rotatable bonds is 5. The monoisotopic (exact) mass is 408 g/mol. The Kier molecular flexibility index (Phi) is 7.41. The molecule has 2 aromatic carbocycles. The Morgan fingerprint density at radius 2 is 1.70 bits per heavy atom. The fourth-order valence-electron chi connectivity index (χ4n) is 3.28. The molecule has 0 aliphatic carbocycles. The van der Waals surface area contributed by atoms with Crippen molar-refractivity contribution < 1.29 is 13.2 Å². The Hall–Kier alpha value is -1.89. The molecule has 1 amide bonds. The van der Waals surface area contributed by atoms with E-state index < -0.39 is 9.84 Å². The van der Waals surface area contributed by atoms with E-state index in [0.29, 0.717) is 41.6 Å². The standard InChI is InChI=1S/C20H24N2O3S.ClH/c21-14-16-9-11-22(12-10-16)20(23)18-6-4-5-17(13-18)15-26(24,25)19-7-2-1-3-8-19;/h1-8,13,16H,9-12,14-15,21H2;1H. The van der Waals surface area contributed by atoms with Crippen LogP contribution in [0.15, 0.2) is 59.5 Å². The van der Waals surface area contributed by atoms with E-state index >= 15 is 0 Å². The zero-order valence-electron chi connectivity index (χ0n) is 15.1. The van der Waals surface area contributed by atoms with Crippen LogP contribution in [-0.4, -0.2) is 38.9 Å². The Balaban J connectivity index is 0.00000261. The highest BCUT2D eigenvalue weighted by Crippen LogP contribution is 2.20. The van der Waals surface area contributed by atoms with Gasteiger partial charge in [-0.1, -0.05) is 30.3 Å². The first kappa shape index (κ1) is 21.4. The summed E-state index contributed by atoms with van der Waals surface area (Å²) in [5.41, 5.74) is 6.86. The molecule has 7 heteroatoms. The molecule has 146 valence electrons. The number of likely N-dealkylation sites (tertiary alicyclic amines) is 1. The van der Waals surface area contributed by atoms with Crippen molar-refractivity contribution in [3.05, 3.63) is 65.7 Å². The van der Waals surface area contributed by atoms with Gasteiger partial charge in [0.05, 0.1) is 10.6 Å². The summed E-state index contributed by atoms with van der Waals surface area (Å²) < 4.78 is 25.1. The number of carbonyl (C=O) groups is 1. The molecule has 0 saturated carbocycles. The molecule has 1 aliphatic heterocycles. The van der Waals surface area contributed by atoms with Gasteiger partial charge in [-0.3, -0.25) is 4.79 Å². The van der Waals surface area contributed by atoms with Crippen LogP contribution in [0.1, 0.15) is 28.8 Å². The molecule has 0 atom stereocenters. The molecule has 0 radical (unpaired) electrons. The van der Waals surface area contributed by atoms with Crippen molar-refractivity contribution in [3.8, 4) is 0 Å². The Labute approximate surface area is 166 Å². The summed E-state index contributed by atoms with van der Waals surface area (Å²) in [7, 11) is -3.43. The highest BCUT2D eigenvalue weighted by Gasteiger charge is 2.23. The van der Waals surface area contributed by atoms with Crippen LogP contribution in [0.5, 0.6) is 0 Å². The second kappa shape index (κ2) is 9.35. The van der Waals surface area contributed by atoms with Crippen molar-refractivity contribution in [2.24, 2.45) is 11.7 Å². The van der Waals surface area contributed by atoms with E-state index in [1.165, 1.54) is 0 Å². The quantitative estimate of drug-likeness (QED) is 0.824. The summed E-state index contributed by atoms with van der Waals surface area (Å²) >= 11 is 0. The van der Waals surface area contributed by atoms with Crippen LogP contribution in [0, 0.1) is 5.92 Å². The largest absolute Gasteiger partial charge is 0.339 e. The van der Waals surface area contributed by atoms with Gasteiger partial charge in [0, 0.05) is 18.7 Å². The molecule has 1 saturated heterocycles. The fourth-order valence-corrected chi connectivity index (χ4v) is 4.64. The van der Waals surface area contributed by atoms with E-state index in [9.17, 15) is 13.2 Å². The number of amides is 1. The fraction of sp³-hybridized carbons (Fsp3) is 0.350. The van der Waals surface area contributed by atoms with Gasteiger partial charge in [-0.05, 0) is 55.1 Å². The molecule has 1 fully saturated rings. The highest BCUT2D eigenvalue weighted by molar-refractivity contribution is 7.90. The van der Waals surface area contributed by atoms with E-state index in [2.05, 4.69) is 0 Å². The lowest BCUT2D eigenvalue weighted by molar-refractivity contribution is 0.0693. The van der Waals surface area contributed by atoms with Gasteiger partial charge < -0.3 is 10.6 Å². The molecule has 1 aliphatic rings. The molecule has 3 rings (SSSR count). The van der Waals surface area contributed by atoms with Crippen LogP contribution >= 0.6 is 12.4 Å². The Morgan fingerprint density at radius 1 is 1.04 bits per heavy atom. The number of hydrogen-bond acceptors (Lipinski definition) is 4. The van der Waals surface area contributed by atoms with Gasteiger partial charge in [-0.25, -0.2) is 8.42 Å². The normalized spacial score (nSPS) is 15.2. The van der Waals surface area contributed by atoms with Crippen molar-refractivity contribution in [3.63, 3.8) is 0 Å². The maximum absolute atomic E-state index is 12.7. The second-order valence-electron chi connectivity index (χ2n) is 6.74. The van der Waals surface area contributed by atoms with Crippen LogP contribution in [-0.2, 0) is 15.6 Å². The van der Waals surface area contributed by atoms with Gasteiger partial charge in [0.1, 0.15) is 0 Å². The number of benzene rings is 2. The smallest absolute Gasteiger partial charge is 0.253 e. The Morgan fingerprint density at radius 3 is 2.33 bits per heavy atom. The van der Waals surface area contributed by atoms with Crippen molar-refractivity contribution in [1.82, 2.24) is 4.90 Å². The van der Waals surface area contributed by atoms with E-state index in [0.717, 1.165) is 12.8 Å². The minimum atomic E-state index is -3.43. The third-order valence-corrected chi connectivity index (χ3v) is 6.57. The molecule has 2 N–H and O–H groups in total. The number of sulfone groups is 1. The van der Waals surface area contributed by atoms with E-state index in [1.54, 1.807) is 54.6 Å². The predicted octanol–water partition coefficient (Wildman–Crippen LogP) is 2.89. The average molecular weight is 409 g/mol. The van der Waals surface area contributed by atoms with Gasteiger partial charge in [-0.2, -0.15) is 0 Å². The number of carbonyl (C=O) groups excluding carboxylic acids is 1. The van der Waals surface area contributed by atoms with Gasteiger partial charge in [0.2, 0.25) is 0 Å². The molecular formula is C20H25ClN2O3S. The van der Waals surface area contributed by atoms with Gasteiger partial charge in [-0.15, -0.1) is 12.4 Å². The summed E-state index contributed by atoms with van der Waals surface area (Å²) in [5, 5.41) is 0. The second-order valence-corrected chi connectivity index (χ2v) is 8.73. The average Bonchev–Trinajstić information content (AvgIpc) is 2.68. The van der Waals surface area contributed by atoms with Crippen LogP contribution < -0.4 is 5.73 Å². The van der Waals surface area contributed by atoms with E-state index in [-0.39, 0.29) is 24.1 Å². The third kappa shape index (κ3) is 5.31. The summed E-state index contributed by atoms with van der Waals surface area (Å²) in [6.45, 7) is 2.06. The zero-order chi connectivity index (χ0) is 18.6. The van der Waals surface area contributed by atoms with E-state index in [1.807, 2.05) is 4.90 Å². The molecule has 0 bridgehead atoms. The topological polar surface area (TPSA) is 80.5 Å². The summed E-state index contributed by atoms with van der Waals surface area (Å²) in [4.78, 5) is 14.9. The molecule has 27 heavy (non-hydrogen) atoms. The summed E-state index contributed by atoms with van der Waals surface area (Å²) in [5.74, 6) is 0.328. The van der Waals surface area contributed by atoms with Crippen LogP contribution in [0.2, 0.25) is 0 Å². The summed E-state index contributed by atoms with van der Waals surface area (Å²) in [6.07, 6.45) is 1.84. The number of halogens is 1. The first-order chi connectivity index (χ1) is 12.5. The lowest BCUT2D eigenvalue weighted by Crippen LogP contribution is -2.40. The van der Waals surface area contributed by atoms with Crippen LogP contribution in [0.3, 0.4) is 0 Å². The van der Waals surface area contributed by atoms with E-state index in [4.69, 9.17) is 5.73 Å². The molecule has 0 unspecified atom stereocenters. The molecule has 0 aromatic heterocycles. The number of nitrogens with zero attached hydrogens (tertiary/aromatic N) is 1. The lowest BCUT2D eigenvalue weighted by atomic mass is 9.96. The van der Waals surface area contributed by atoms with Gasteiger partial charge in [0.25, 0.3) is 5.91 Å². The number of nitrogens with two attached hydrogens (primary N) is 1. The third-order valence-electron chi connectivity index (χ3n) is 4.87. The minimum absolute atomic E-state index is 0. The van der Waals surface area contributed by atoms with Crippen molar-refractivity contribution in [2.45, 2.75) is 23.5 Å². The molecule has 0 spiro atoms.